The minimum Gasteiger partial charge on any atom is -0.320 e. The van der Waals surface area contributed by atoms with Crippen LogP contribution in [0.1, 0.15) is 28.3 Å². The summed E-state index contributed by atoms with van der Waals surface area (Å²) < 4.78 is 13.7. The van der Waals surface area contributed by atoms with Gasteiger partial charge >= 0.3 is 0 Å². The molecule has 18 heavy (non-hydrogen) atoms. The van der Waals surface area contributed by atoms with Gasteiger partial charge in [-0.2, -0.15) is 0 Å². The van der Waals surface area contributed by atoms with E-state index in [9.17, 15) is 4.39 Å². The summed E-state index contributed by atoms with van der Waals surface area (Å²) >= 11 is 6.05. The van der Waals surface area contributed by atoms with Crippen molar-refractivity contribution in [2.75, 3.05) is 0 Å². The Morgan fingerprint density at radius 1 is 1.06 bits per heavy atom. The molecular formula is C15H15ClFN. The Bertz CT molecular complexity index is 581. The van der Waals surface area contributed by atoms with Crippen molar-refractivity contribution in [2.45, 2.75) is 19.9 Å². The van der Waals surface area contributed by atoms with Crippen molar-refractivity contribution in [3.63, 3.8) is 0 Å². The minimum absolute atomic E-state index is 0.281. The Morgan fingerprint density at radius 3 is 2.39 bits per heavy atom. The molecule has 1 unspecified atom stereocenters. The van der Waals surface area contributed by atoms with Crippen LogP contribution >= 0.6 is 11.6 Å². The number of halogens is 2. The molecule has 0 aromatic heterocycles. The summed E-state index contributed by atoms with van der Waals surface area (Å²) in [7, 11) is 0. The zero-order valence-electron chi connectivity index (χ0n) is 10.4. The summed E-state index contributed by atoms with van der Waals surface area (Å²) in [4.78, 5) is 0. The van der Waals surface area contributed by atoms with Crippen LogP contribution in [0.25, 0.3) is 0 Å². The molecule has 0 spiro atoms. The van der Waals surface area contributed by atoms with Gasteiger partial charge in [-0.3, -0.25) is 0 Å². The summed E-state index contributed by atoms with van der Waals surface area (Å²) in [6, 6.07) is 9.91. The number of aryl methyl sites for hydroxylation is 2. The maximum absolute atomic E-state index is 13.7. The molecule has 1 atom stereocenters. The first-order chi connectivity index (χ1) is 8.50. The van der Waals surface area contributed by atoms with Crippen molar-refractivity contribution in [2.24, 2.45) is 5.73 Å². The van der Waals surface area contributed by atoms with E-state index in [-0.39, 0.29) is 5.82 Å². The molecular weight excluding hydrogens is 249 g/mol. The Hall–Kier alpha value is -1.38. The average Bonchev–Trinajstić information content (AvgIpc) is 2.33. The number of nitrogens with two attached hydrogens (primary N) is 1. The van der Waals surface area contributed by atoms with E-state index < -0.39 is 6.04 Å². The SMILES string of the molecule is Cc1cc(C(N)c2ccccc2F)c(C)cc1Cl. The molecule has 94 valence electrons. The third-order valence-corrected chi connectivity index (χ3v) is 3.53. The Kier molecular flexibility index (Phi) is 3.69. The highest BCUT2D eigenvalue weighted by Crippen LogP contribution is 2.28. The van der Waals surface area contributed by atoms with Crippen LogP contribution in [0.15, 0.2) is 36.4 Å². The minimum atomic E-state index is -0.470. The van der Waals surface area contributed by atoms with Gasteiger partial charge in [0.25, 0.3) is 0 Å². The summed E-state index contributed by atoms with van der Waals surface area (Å²) in [6.45, 7) is 3.85. The molecule has 0 aliphatic rings. The van der Waals surface area contributed by atoms with Gasteiger partial charge in [-0.05, 0) is 42.7 Å². The summed E-state index contributed by atoms with van der Waals surface area (Å²) in [5.41, 5.74) is 9.48. The smallest absolute Gasteiger partial charge is 0.128 e. The first-order valence-corrected chi connectivity index (χ1v) is 6.15. The van der Waals surface area contributed by atoms with Crippen LogP contribution in [0, 0.1) is 19.7 Å². The molecule has 3 heteroatoms. The van der Waals surface area contributed by atoms with Crippen LogP contribution in [0.4, 0.5) is 4.39 Å². The van der Waals surface area contributed by atoms with Crippen LogP contribution in [0.2, 0.25) is 5.02 Å². The first kappa shape index (κ1) is 13.1. The van der Waals surface area contributed by atoms with Gasteiger partial charge < -0.3 is 5.73 Å². The van der Waals surface area contributed by atoms with E-state index in [4.69, 9.17) is 17.3 Å². The molecule has 0 aliphatic carbocycles. The largest absolute Gasteiger partial charge is 0.320 e. The fourth-order valence-corrected chi connectivity index (χ4v) is 2.25. The predicted molar refractivity (Wildman–Crippen MR) is 73.4 cm³/mol. The standard InChI is InChI=1S/C15H15ClFN/c1-9-8-13(16)10(2)7-12(9)15(18)11-5-3-4-6-14(11)17/h3-8,15H,18H2,1-2H3. The number of hydrogen-bond acceptors (Lipinski definition) is 1. The Labute approximate surface area is 111 Å². The van der Waals surface area contributed by atoms with Gasteiger partial charge in [-0.15, -0.1) is 0 Å². The lowest BCUT2D eigenvalue weighted by molar-refractivity contribution is 0.599. The fourth-order valence-electron chi connectivity index (χ4n) is 2.03. The van der Waals surface area contributed by atoms with E-state index in [1.54, 1.807) is 18.2 Å². The lowest BCUT2D eigenvalue weighted by Gasteiger charge is -2.17. The summed E-state index contributed by atoms with van der Waals surface area (Å²) in [5, 5.41) is 0.706. The number of rotatable bonds is 2. The number of benzene rings is 2. The second-order valence-electron chi connectivity index (χ2n) is 4.46. The third kappa shape index (κ3) is 2.40. The molecule has 0 fully saturated rings. The van der Waals surface area contributed by atoms with Crippen molar-refractivity contribution in [3.8, 4) is 0 Å². The molecule has 2 aromatic carbocycles. The van der Waals surface area contributed by atoms with Gasteiger partial charge in [-0.1, -0.05) is 35.9 Å². The molecule has 0 bridgehead atoms. The van der Waals surface area contributed by atoms with Crippen LogP contribution in [0.5, 0.6) is 0 Å². The normalized spacial score (nSPS) is 12.5. The molecule has 0 aliphatic heterocycles. The monoisotopic (exact) mass is 263 g/mol. The van der Waals surface area contributed by atoms with Crippen molar-refractivity contribution in [1.29, 1.82) is 0 Å². The van der Waals surface area contributed by atoms with Crippen molar-refractivity contribution in [3.05, 3.63) is 69.5 Å². The Balaban J connectivity index is 2.50. The number of hydrogen-bond donors (Lipinski definition) is 1. The molecule has 2 aromatic rings. The van der Waals surface area contributed by atoms with Crippen LogP contribution < -0.4 is 5.73 Å². The van der Waals surface area contributed by atoms with E-state index in [1.165, 1.54) is 6.07 Å². The third-order valence-electron chi connectivity index (χ3n) is 3.12. The summed E-state index contributed by atoms with van der Waals surface area (Å²) in [5.74, 6) is -0.281. The van der Waals surface area contributed by atoms with Gasteiger partial charge in [0.2, 0.25) is 0 Å². The van der Waals surface area contributed by atoms with Gasteiger partial charge in [-0.25, -0.2) is 4.39 Å². The molecule has 0 radical (unpaired) electrons. The second kappa shape index (κ2) is 5.09. The van der Waals surface area contributed by atoms with Gasteiger partial charge in [0.15, 0.2) is 0 Å². The molecule has 0 amide bonds. The van der Waals surface area contributed by atoms with E-state index in [0.29, 0.717) is 10.6 Å². The van der Waals surface area contributed by atoms with Gasteiger partial charge in [0.05, 0.1) is 6.04 Å². The van der Waals surface area contributed by atoms with Crippen molar-refractivity contribution in [1.82, 2.24) is 0 Å². The zero-order chi connectivity index (χ0) is 13.3. The van der Waals surface area contributed by atoms with E-state index in [2.05, 4.69) is 0 Å². The molecule has 2 rings (SSSR count). The average molecular weight is 264 g/mol. The van der Waals surface area contributed by atoms with E-state index in [0.717, 1.165) is 16.7 Å². The summed E-state index contributed by atoms with van der Waals surface area (Å²) in [6.07, 6.45) is 0. The zero-order valence-corrected chi connectivity index (χ0v) is 11.1. The van der Waals surface area contributed by atoms with Crippen molar-refractivity contribution >= 4 is 11.6 Å². The molecule has 2 N–H and O–H groups in total. The fraction of sp³-hybridized carbons (Fsp3) is 0.200. The lowest BCUT2D eigenvalue weighted by atomic mass is 9.94. The second-order valence-corrected chi connectivity index (χ2v) is 4.86. The molecule has 0 saturated carbocycles. The van der Waals surface area contributed by atoms with Crippen molar-refractivity contribution < 1.29 is 4.39 Å². The first-order valence-electron chi connectivity index (χ1n) is 5.77. The molecule has 1 nitrogen and oxygen atoms in total. The highest BCUT2D eigenvalue weighted by Gasteiger charge is 2.16. The van der Waals surface area contributed by atoms with E-state index in [1.807, 2.05) is 26.0 Å². The van der Waals surface area contributed by atoms with Gasteiger partial charge in [0.1, 0.15) is 5.82 Å². The maximum atomic E-state index is 13.7. The predicted octanol–water partition coefficient (Wildman–Crippen LogP) is 4.14. The lowest BCUT2D eigenvalue weighted by Crippen LogP contribution is -2.15. The highest BCUT2D eigenvalue weighted by atomic mass is 35.5. The van der Waals surface area contributed by atoms with Crippen LogP contribution in [-0.4, -0.2) is 0 Å². The van der Waals surface area contributed by atoms with Gasteiger partial charge in [0, 0.05) is 10.6 Å². The highest BCUT2D eigenvalue weighted by molar-refractivity contribution is 6.31. The van der Waals surface area contributed by atoms with Crippen LogP contribution in [0.3, 0.4) is 0 Å². The molecule has 0 saturated heterocycles. The quantitative estimate of drug-likeness (QED) is 0.866. The van der Waals surface area contributed by atoms with E-state index >= 15 is 0 Å². The Morgan fingerprint density at radius 2 is 1.72 bits per heavy atom. The topological polar surface area (TPSA) is 26.0 Å². The molecule has 0 heterocycles. The van der Waals surface area contributed by atoms with Crippen LogP contribution in [-0.2, 0) is 0 Å². The maximum Gasteiger partial charge on any atom is 0.128 e.